The molecule has 106 valence electrons. The molecule has 1 aromatic carbocycles. The molecule has 0 aromatic heterocycles. The third kappa shape index (κ3) is 4.35. The smallest absolute Gasteiger partial charge is 0.307 e. The van der Waals surface area contributed by atoms with Crippen LogP contribution in [0.3, 0.4) is 0 Å². The lowest BCUT2D eigenvalue weighted by atomic mass is 9.85. The molecule has 0 saturated heterocycles. The second kappa shape index (κ2) is 7.29. The van der Waals surface area contributed by atoms with Crippen molar-refractivity contribution in [2.75, 3.05) is 6.54 Å². The van der Waals surface area contributed by atoms with Crippen molar-refractivity contribution in [2.45, 2.75) is 40.0 Å². The van der Waals surface area contributed by atoms with Crippen LogP contribution in [0.5, 0.6) is 0 Å². The Bertz CT molecular complexity index is 409. The summed E-state index contributed by atoms with van der Waals surface area (Å²) in [5.74, 6) is -0.818. The Morgan fingerprint density at radius 3 is 2.32 bits per heavy atom. The zero-order valence-corrected chi connectivity index (χ0v) is 12.1. The van der Waals surface area contributed by atoms with Crippen molar-refractivity contribution in [3.63, 3.8) is 0 Å². The molecule has 0 aliphatic rings. The Morgan fingerprint density at radius 1 is 1.32 bits per heavy atom. The predicted molar refractivity (Wildman–Crippen MR) is 78.2 cm³/mol. The highest BCUT2D eigenvalue weighted by Crippen LogP contribution is 2.24. The number of hydrogen-bond acceptors (Lipinski definition) is 2. The molecule has 0 bridgehead atoms. The third-order valence-electron chi connectivity index (χ3n) is 3.97. The Labute approximate surface area is 115 Å². The van der Waals surface area contributed by atoms with Gasteiger partial charge in [0.05, 0.1) is 5.92 Å². The van der Waals surface area contributed by atoms with Crippen molar-refractivity contribution >= 4 is 5.97 Å². The Balaban J connectivity index is 2.79. The van der Waals surface area contributed by atoms with Gasteiger partial charge < -0.3 is 10.8 Å². The second-order valence-corrected chi connectivity index (χ2v) is 5.36. The minimum absolute atomic E-state index is 0.221. The summed E-state index contributed by atoms with van der Waals surface area (Å²) in [4.78, 5) is 11.1. The molecule has 0 amide bonds. The number of carboxylic acid groups (broad SMARTS) is 1. The van der Waals surface area contributed by atoms with Gasteiger partial charge in [0, 0.05) is 6.54 Å². The lowest BCUT2D eigenvalue weighted by molar-refractivity contribution is -0.142. The molecular formula is C16H25NO2. The second-order valence-electron chi connectivity index (χ2n) is 5.36. The highest BCUT2D eigenvalue weighted by atomic mass is 16.4. The van der Waals surface area contributed by atoms with E-state index in [1.165, 1.54) is 16.7 Å². The molecule has 0 saturated carbocycles. The van der Waals surface area contributed by atoms with E-state index in [1.807, 2.05) is 0 Å². The molecule has 2 atom stereocenters. The lowest BCUT2D eigenvalue weighted by Crippen LogP contribution is -2.26. The first kappa shape index (κ1) is 15.7. The van der Waals surface area contributed by atoms with E-state index >= 15 is 0 Å². The normalized spacial score (nSPS) is 14.1. The Morgan fingerprint density at radius 2 is 1.89 bits per heavy atom. The van der Waals surface area contributed by atoms with Gasteiger partial charge in [0.25, 0.3) is 0 Å². The Hall–Kier alpha value is -1.35. The van der Waals surface area contributed by atoms with E-state index in [1.54, 1.807) is 0 Å². The van der Waals surface area contributed by atoms with Crippen LogP contribution in [0.4, 0.5) is 0 Å². The zero-order chi connectivity index (χ0) is 14.4. The highest BCUT2D eigenvalue weighted by molar-refractivity contribution is 5.70. The maximum atomic E-state index is 11.1. The van der Waals surface area contributed by atoms with Gasteiger partial charge in [-0.15, -0.1) is 0 Å². The summed E-state index contributed by atoms with van der Waals surface area (Å²) >= 11 is 0. The Kier molecular flexibility index (Phi) is 6.03. The van der Waals surface area contributed by atoms with Gasteiger partial charge in [0.2, 0.25) is 0 Å². The molecule has 2 unspecified atom stereocenters. The molecule has 0 heterocycles. The maximum Gasteiger partial charge on any atom is 0.307 e. The van der Waals surface area contributed by atoms with Crippen LogP contribution >= 0.6 is 0 Å². The fourth-order valence-electron chi connectivity index (χ4n) is 2.55. The van der Waals surface area contributed by atoms with Gasteiger partial charge in [-0.1, -0.05) is 31.5 Å². The number of nitrogens with two attached hydrogens (primary N) is 1. The van der Waals surface area contributed by atoms with Crippen LogP contribution in [0.15, 0.2) is 18.2 Å². The first-order chi connectivity index (χ1) is 8.99. The number of aryl methyl sites for hydroxylation is 2. The molecule has 1 rings (SSSR count). The SMILES string of the molecule is CCC(Cc1c(C)cccc1C)CC(CN)C(=O)O. The minimum atomic E-state index is -0.776. The van der Waals surface area contributed by atoms with Crippen molar-refractivity contribution in [3.8, 4) is 0 Å². The first-order valence-electron chi connectivity index (χ1n) is 6.97. The molecule has 0 radical (unpaired) electrons. The number of carboxylic acids is 1. The topological polar surface area (TPSA) is 63.3 Å². The number of aliphatic carboxylic acids is 1. The molecule has 3 N–H and O–H groups in total. The molecule has 0 spiro atoms. The zero-order valence-electron chi connectivity index (χ0n) is 12.1. The molecular weight excluding hydrogens is 238 g/mol. The molecule has 3 heteroatoms. The number of benzene rings is 1. The predicted octanol–water partition coefficient (Wildman–Crippen LogP) is 2.92. The van der Waals surface area contributed by atoms with Gasteiger partial charge in [-0.3, -0.25) is 4.79 Å². The van der Waals surface area contributed by atoms with E-state index in [-0.39, 0.29) is 6.54 Å². The third-order valence-corrected chi connectivity index (χ3v) is 3.97. The van der Waals surface area contributed by atoms with Crippen LogP contribution in [-0.2, 0) is 11.2 Å². The molecule has 0 aliphatic carbocycles. The van der Waals surface area contributed by atoms with Gasteiger partial charge in [0.1, 0.15) is 0 Å². The summed E-state index contributed by atoms with van der Waals surface area (Å²) in [6.45, 7) is 6.58. The average Bonchev–Trinajstić information content (AvgIpc) is 2.37. The van der Waals surface area contributed by atoms with E-state index in [0.717, 1.165) is 12.8 Å². The van der Waals surface area contributed by atoms with Crippen LogP contribution in [0.25, 0.3) is 0 Å². The van der Waals surface area contributed by atoms with Crippen LogP contribution in [0.1, 0.15) is 36.5 Å². The van der Waals surface area contributed by atoms with Gasteiger partial charge >= 0.3 is 5.97 Å². The lowest BCUT2D eigenvalue weighted by Gasteiger charge is -2.21. The van der Waals surface area contributed by atoms with Crippen LogP contribution in [0.2, 0.25) is 0 Å². The largest absolute Gasteiger partial charge is 0.481 e. The molecule has 19 heavy (non-hydrogen) atoms. The van der Waals surface area contributed by atoms with Gasteiger partial charge in [0.15, 0.2) is 0 Å². The van der Waals surface area contributed by atoms with E-state index in [9.17, 15) is 4.79 Å². The van der Waals surface area contributed by atoms with E-state index in [4.69, 9.17) is 10.8 Å². The summed E-state index contributed by atoms with van der Waals surface area (Å²) in [6, 6.07) is 6.30. The van der Waals surface area contributed by atoms with Crippen molar-refractivity contribution in [3.05, 3.63) is 34.9 Å². The van der Waals surface area contributed by atoms with Crippen molar-refractivity contribution in [1.82, 2.24) is 0 Å². The quantitative estimate of drug-likeness (QED) is 0.795. The van der Waals surface area contributed by atoms with E-state index < -0.39 is 11.9 Å². The molecule has 0 aliphatic heterocycles. The minimum Gasteiger partial charge on any atom is -0.481 e. The van der Waals surface area contributed by atoms with Crippen molar-refractivity contribution < 1.29 is 9.90 Å². The highest BCUT2D eigenvalue weighted by Gasteiger charge is 2.21. The van der Waals surface area contributed by atoms with Gasteiger partial charge in [-0.2, -0.15) is 0 Å². The standard InChI is InChI=1S/C16H25NO2/c1-4-13(8-14(10-17)16(18)19)9-15-11(2)6-5-7-12(15)3/h5-7,13-14H,4,8-10,17H2,1-3H3,(H,18,19). The fourth-order valence-corrected chi connectivity index (χ4v) is 2.55. The van der Waals surface area contributed by atoms with Crippen molar-refractivity contribution in [1.29, 1.82) is 0 Å². The first-order valence-corrected chi connectivity index (χ1v) is 6.97. The van der Waals surface area contributed by atoms with Crippen LogP contribution in [0, 0.1) is 25.7 Å². The summed E-state index contributed by atoms with van der Waals surface area (Å²) in [7, 11) is 0. The molecule has 0 fully saturated rings. The van der Waals surface area contributed by atoms with Crippen LogP contribution in [-0.4, -0.2) is 17.6 Å². The van der Waals surface area contributed by atoms with Gasteiger partial charge in [-0.05, 0) is 49.3 Å². The molecule has 1 aromatic rings. The monoisotopic (exact) mass is 263 g/mol. The molecule has 3 nitrogen and oxygen atoms in total. The van der Waals surface area contributed by atoms with Gasteiger partial charge in [-0.25, -0.2) is 0 Å². The fraction of sp³-hybridized carbons (Fsp3) is 0.562. The van der Waals surface area contributed by atoms with E-state index in [2.05, 4.69) is 39.0 Å². The average molecular weight is 263 g/mol. The summed E-state index contributed by atoms with van der Waals surface area (Å²) < 4.78 is 0. The van der Waals surface area contributed by atoms with Crippen molar-refractivity contribution in [2.24, 2.45) is 17.6 Å². The van der Waals surface area contributed by atoms with Crippen LogP contribution < -0.4 is 5.73 Å². The summed E-state index contributed by atoms with van der Waals surface area (Å²) in [5, 5.41) is 9.11. The maximum absolute atomic E-state index is 11.1. The number of rotatable bonds is 7. The number of carbonyl (C=O) groups is 1. The summed E-state index contributed by atoms with van der Waals surface area (Å²) in [6.07, 6.45) is 2.59. The van der Waals surface area contributed by atoms with E-state index in [0.29, 0.717) is 12.3 Å². The summed E-state index contributed by atoms with van der Waals surface area (Å²) in [5.41, 5.74) is 9.49. The number of hydrogen-bond donors (Lipinski definition) is 2.